The van der Waals surface area contributed by atoms with Crippen LogP contribution in [0, 0.1) is 17.8 Å². The Morgan fingerprint density at radius 3 is 2.29 bits per heavy atom. The van der Waals surface area contributed by atoms with E-state index in [9.17, 15) is 27.9 Å². The molecule has 0 radical (unpaired) electrons. The van der Waals surface area contributed by atoms with Crippen molar-refractivity contribution >= 4 is 29.5 Å². The maximum Gasteiger partial charge on any atom is 0.434 e. The van der Waals surface area contributed by atoms with Crippen molar-refractivity contribution in [2.45, 2.75) is 88.4 Å². The van der Waals surface area contributed by atoms with Crippen LogP contribution in [0.15, 0.2) is 42.9 Å². The first-order chi connectivity index (χ1) is 25.0. The van der Waals surface area contributed by atoms with E-state index in [1.165, 1.54) is 5.56 Å². The highest BCUT2D eigenvalue weighted by atomic mass is 19.4. The number of carbonyl (C=O) groups excluding carboxylic acids is 1. The molecule has 14 heteroatoms. The Bertz CT molecular complexity index is 1780. The molecule has 11 nitrogen and oxygen atoms in total. The van der Waals surface area contributed by atoms with Gasteiger partial charge in [-0.3, -0.25) is 14.5 Å². The van der Waals surface area contributed by atoms with Crippen LogP contribution in [0.1, 0.15) is 91.4 Å². The van der Waals surface area contributed by atoms with Crippen LogP contribution in [-0.2, 0) is 22.9 Å². The van der Waals surface area contributed by atoms with E-state index < -0.39 is 35.2 Å². The number of fused-ring (bicyclic) bond motifs is 4. The Hall–Kier alpha value is -4.33. The average molecular weight is 719 g/mol. The van der Waals surface area contributed by atoms with Crippen LogP contribution in [0.4, 0.5) is 30.8 Å². The second-order valence-electron chi connectivity index (χ2n) is 15.6. The molecule has 1 saturated heterocycles. The van der Waals surface area contributed by atoms with E-state index in [1.807, 2.05) is 17.0 Å². The molecule has 2 aromatic heterocycles. The first kappa shape index (κ1) is 34.7. The first-order valence-corrected chi connectivity index (χ1v) is 18.7. The summed E-state index contributed by atoms with van der Waals surface area (Å²) in [4.78, 5) is 48.7. The highest BCUT2D eigenvalue weighted by Gasteiger charge is 2.46. The Morgan fingerprint density at radius 1 is 0.904 bits per heavy atom. The molecule has 2 atom stereocenters. The molecule has 2 bridgehead atoms. The smallest absolute Gasteiger partial charge is 0.434 e. The van der Waals surface area contributed by atoms with Crippen LogP contribution >= 0.6 is 0 Å². The van der Waals surface area contributed by atoms with Crippen molar-refractivity contribution in [1.82, 2.24) is 30.2 Å². The molecule has 2 aliphatic heterocycles. The van der Waals surface area contributed by atoms with Gasteiger partial charge in [-0.05, 0) is 80.0 Å². The number of rotatable bonds is 7. The van der Waals surface area contributed by atoms with Crippen LogP contribution in [-0.4, -0.2) is 80.6 Å². The lowest BCUT2D eigenvalue weighted by Gasteiger charge is -2.41. The fourth-order valence-electron chi connectivity index (χ4n) is 9.79. The van der Waals surface area contributed by atoms with E-state index in [0.29, 0.717) is 32.2 Å². The summed E-state index contributed by atoms with van der Waals surface area (Å²) in [5.41, 5.74) is 1.12. The monoisotopic (exact) mass is 718 g/mol. The lowest BCUT2D eigenvalue weighted by atomic mass is 9.66. The van der Waals surface area contributed by atoms with Crippen molar-refractivity contribution in [3.05, 3.63) is 65.2 Å². The standard InChI is InChI=1S/C38H45F3N8O3/c39-38(40,41)32-29(33(50)45-28-18-25-15-26(19-28)17-27(16-25)34(51)52)21-44-36(46-32)49-23-37(7-2-1-3-8-37)30-20-24(5-6-31(30)49)22-47-11-13-48(14-12-47)35-42-9-4-10-43-35/h4-6,9-10,20-21,25-28H,1-3,7-8,11-19,22-23H2,(H,45,50)(H,51,52). The number of aliphatic carboxylic acids is 1. The SMILES string of the molecule is O=C(NC1CC2CC(C1)CC(C(=O)O)C2)c1cnc(N2CC3(CCCCC3)c3cc(CN4CCN(c5ncccn5)CC4)ccc32)nc1C(F)(F)F. The van der Waals surface area contributed by atoms with Gasteiger partial charge in [0.15, 0.2) is 5.69 Å². The number of benzene rings is 1. The maximum absolute atomic E-state index is 14.6. The van der Waals surface area contributed by atoms with Crippen molar-refractivity contribution < 1.29 is 27.9 Å². The van der Waals surface area contributed by atoms with E-state index in [1.54, 1.807) is 12.4 Å². The minimum atomic E-state index is -4.87. The number of carboxylic acids is 1. The second-order valence-corrected chi connectivity index (χ2v) is 15.6. The number of amides is 1. The number of carboxylic acid groups (broad SMARTS) is 1. The van der Waals surface area contributed by atoms with Gasteiger partial charge in [-0.25, -0.2) is 19.9 Å². The summed E-state index contributed by atoms with van der Waals surface area (Å²) in [7, 11) is 0. The van der Waals surface area contributed by atoms with Crippen LogP contribution in [0.5, 0.6) is 0 Å². The molecule has 1 amide bonds. The quantitative estimate of drug-likeness (QED) is 0.302. The summed E-state index contributed by atoms with van der Waals surface area (Å²) in [6.45, 7) is 4.66. The molecular weight excluding hydrogens is 673 g/mol. The van der Waals surface area contributed by atoms with Crippen molar-refractivity contribution in [1.29, 1.82) is 0 Å². The summed E-state index contributed by atoms with van der Waals surface area (Å²) in [6, 6.07) is 7.81. The molecular formula is C38H45F3N8O3. The van der Waals surface area contributed by atoms with Gasteiger partial charge in [-0.2, -0.15) is 13.2 Å². The topological polar surface area (TPSA) is 128 Å². The number of carbonyl (C=O) groups is 2. The van der Waals surface area contributed by atoms with E-state index >= 15 is 0 Å². The van der Waals surface area contributed by atoms with E-state index in [2.05, 4.69) is 47.2 Å². The number of piperazine rings is 1. The number of anilines is 3. The third kappa shape index (κ3) is 6.93. The van der Waals surface area contributed by atoms with E-state index in [0.717, 1.165) is 94.6 Å². The van der Waals surface area contributed by atoms with Gasteiger partial charge in [-0.15, -0.1) is 0 Å². The molecule has 8 rings (SSSR count). The lowest BCUT2D eigenvalue weighted by molar-refractivity contribution is -0.144. The van der Waals surface area contributed by atoms with Crippen molar-refractivity contribution in [3.63, 3.8) is 0 Å². The molecule has 276 valence electrons. The van der Waals surface area contributed by atoms with Gasteiger partial charge in [-0.1, -0.05) is 31.4 Å². The lowest BCUT2D eigenvalue weighted by Crippen LogP contribution is -2.46. The largest absolute Gasteiger partial charge is 0.481 e. The first-order valence-electron chi connectivity index (χ1n) is 18.7. The molecule has 2 unspecified atom stereocenters. The predicted molar refractivity (Wildman–Crippen MR) is 187 cm³/mol. The zero-order valence-corrected chi connectivity index (χ0v) is 29.2. The van der Waals surface area contributed by atoms with Gasteiger partial charge >= 0.3 is 12.1 Å². The van der Waals surface area contributed by atoms with Gasteiger partial charge in [0.05, 0.1) is 11.5 Å². The van der Waals surface area contributed by atoms with Crippen LogP contribution in [0.2, 0.25) is 0 Å². The minimum Gasteiger partial charge on any atom is -0.481 e. The summed E-state index contributed by atoms with van der Waals surface area (Å²) >= 11 is 0. The summed E-state index contributed by atoms with van der Waals surface area (Å²) in [5, 5.41) is 12.3. The van der Waals surface area contributed by atoms with Gasteiger partial charge in [0, 0.05) is 75.0 Å². The Morgan fingerprint density at radius 2 is 1.62 bits per heavy atom. The van der Waals surface area contributed by atoms with Crippen molar-refractivity contribution in [3.8, 4) is 0 Å². The summed E-state index contributed by atoms with van der Waals surface area (Å²) in [5.74, 6) is -1.09. The molecule has 2 N–H and O–H groups in total. The molecule has 5 aliphatic rings. The number of nitrogens with one attached hydrogen (secondary N) is 1. The Kier molecular flexibility index (Phi) is 9.29. The summed E-state index contributed by atoms with van der Waals surface area (Å²) in [6.07, 6.45) is 7.87. The van der Waals surface area contributed by atoms with Crippen molar-refractivity contribution in [2.24, 2.45) is 17.8 Å². The van der Waals surface area contributed by atoms with Gasteiger partial charge in [0.25, 0.3) is 5.91 Å². The molecule has 1 aromatic carbocycles. The zero-order chi connectivity index (χ0) is 36.0. The van der Waals surface area contributed by atoms with Gasteiger partial charge < -0.3 is 20.2 Å². The molecule has 3 aromatic rings. The molecule has 52 heavy (non-hydrogen) atoms. The third-order valence-corrected chi connectivity index (χ3v) is 12.2. The highest BCUT2D eigenvalue weighted by molar-refractivity contribution is 5.95. The fourth-order valence-corrected chi connectivity index (χ4v) is 9.79. The fraction of sp³-hybridized carbons (Fsp3) is 0.579. The second kappa shape index (κ2) is 13.9. The third-order valence-electron chi connectivity index (χ3n) is 12.2. The number of halogens is 3. The van der Waals surface area contributed by atoms with Crippen LogP contribution in [0.3, 0.4) is 0 Å². The van der Waals surface area contributed by atoms with E-state index in [-0.39, 0.29) is 29.2 Å². The molecule has 1 spiro atoms. The molecule has 3 saturated carbocycles. The average Bonchev–Trinajstić information content (AvgIpc) is 3.43. The van der Waals surface area contributed by atoms with Crippen molar-refractivity contribution in [2.75, 3.05) is 42.5 Å². The molecule has 4 fully saturated rings. The highest BCUT2D eigenvalue weighted by Crippen LogP contribution is 2.51. The van der Waals surface area contributed by atoms with Gasteiger partial charge in [0.2, 0.25) is 11.9 Å². The molecule has 3 aliphatic carbocycles. The zero-order valence-electron chi connectivity index (χ0n) is 29.2. The van der Waals surface area contributed by atoms with Crippen LogP contribution < -0.4 is 15.1 Å². The Balaban J connectivity index is 1.01. The van der Waals surface area contributed by atoms with Gasteiger partial charge in [0.1, 0.15) is 0 Å². The normalized spacial score (nSPS) is 25.9. The van der Waals surface area contributed by atoms with Crippen LogP contribution in [0.25, 0.3) is 0 Å². The molecule has 4 heterocycles. The predicted octanol–water partition coefficient (Wildman–Crippen LogP) is 5.97. The summed E-state index contributed by atoms with van der Waals surface area (Å²) < 4.78 is 43.9. The Labute approximate surface area is 301 Å². The number of nitrogens with zero attached hydrogens (tertiary/aromatic N) is 7. The maximum atomic E-state index is 14.6. The minimum absolute atomic E-state index is 0.0495. The number of hydrogen-bond donors (Lipinski definition) is 2. The number of alkyl halides is 3. The number of aromatic nitrogens is 4. The number of hydrogen-bond acceptors (Lipinski definition) is 9. The van der Waals surface area contributed by atoms with E-state index in [4.69, 9.17) is 0 Å².